The monoisotopic (exact) mass is 232 g/mol. The SMILES string of the molecule is COc1cc(C(=O)O)c(Cl)c(OC)c1O. The summed E-state index contributed by atoms with van der Waals surface area (Å²) < 4.78 is 9.57. The fourth-order valence-corrected chi connectivity index (χ4v) is 1.40. The predicted octanol–water partition coefficient (Wildman–Crippen LogP) is 1.76. The number of methoxy groups -OCH3 is 2. The molecule has 0 amide bonds. The molecule has 0 fully saturated rings. The molecule has 0 radical (unpaired) electrons. The van der Waals surface area contributed by atoms with E-state index in [4.69, 9.17) is 26.2 Å². The van der Waals surface area contributed by atoms with Gasteiger partial charge in [-0.1, -0.05) is 11.6 Å². The van der Waals surface area contributed by atoms with Crippen molar-refractivity contribution in [3.63, 3.8) is 0 Å². The van der Waals surface area contributed by atoms with E-state index in [9.17, 15) is 9.90 Å². The van der Waals surface area contributed by atoms with Gasteiger partial charge < -0.3 is 19.7 Å². The van der Waals surface area contributed by atoms with Crippen molar-refractivity contribution in [1.82, 2.24) is 0 Å². The summed E-state index contributed by atoms with van der Waals surface area (Å²) in [5.74, 6) is -1.67. The third kappa shape index (κ3) is 1.92. The first-order valence-corrected chi connectivity index (χ1v) is 4.27. The van der Waals surface area contributed by atoms with Gasteiger partial charge in [-0.3, -0.25) is 0 Å². The number of phenols is 1. The molecule has 0 unspecified atom stereocenters. The predicted molar refractivity (Wildman–Crippen MR) is 53.2 cm³/mol. The average Bonchev–Trinajstić information content (AvgIpc) is 2.18. The minimum absolute atomic E-state index is 0.00588. The second-order valence-corrected chi connectivity index (χ2v) is 3.01. The largest absolute Gasteiger partial charge is 0.502 e. The van der Waals surface area contributed by atoms with Crippen LogP contribution in [0.5, 0.6) is 17.2 Å². The van der Waals surface area contributed by atoms with Crippen molar-refractivity contribution < 1.29 is 24.5 Å². The minimum atomic E-state index is -1.23. The number of carboxylic acid groups (broad SMARTS) is 1. The summed E-state index contributed by atoms with van der Waals surface area (Å²) in [5, 5.41) is 18.2. The lowest BCUT2D eigenvalue weighted by molar-refractivity contribution is 0.0696. The first-order valence-electron chi connectivity index (χ1n) is 3.89. The summed E-state index contributed by atoms with van der Waals surface area (Å²) in [5.41, 5.74) is -0.192. The Hall–Kier alpha value is -1.62. The van der Waals surface area contributed by atoms with E-state index >= 15 is 0 Å². The number of halogens is 1. The van der Waals surface area contributed by atoms with Gasteiger partial charge in [0.25, 0.3) is 0 Å². The van der Waals surface area contributed by atoms with Crippen LogP contribution in [0.4, 0.5) is 0 Å². The first kappa shape index (κ1) is 11.5. The van der Waals surface area contributed by atoms with Crippen molar-refractivity contribution >= 4 is 17.6 Å². The van der Waals surface area contributed by atoms with E-state index in [0.717, 1.165) is 6.07 Å². The van der Waals surface area contributed by atoms with Crippen LogP contribution >= 0.6 is 11.6 Å². The Morgan fingerprint density at radius 3 is 2.40 bits per heavy atom. The highest BCUT2D eigenvalue weighted by Crippen LogP contribution is 2.43. The Labute approximate surface area is 90.8 Å². The van der Waals surface area contributed by atoms with E-state index in [-0.39, 0.29) is 27.8 Å². The van der Waals surface area contributed by atoms with Gasteiger partial charge >= 0.3 is 5.97 Å². The molecule has 0 spiro atoms. The van der Waals surface area contributed by atoms with E-state index in [1.807, 2.05) is 0 Å². The molecule has 1 rings (SSSR count). The molecule has 6 heteroatoms. The Balaban J connectivity index is 3.51. The molecule has 2 N–H and O–H groups in total. The fraction of sp³-hybridized carbons (Fsp3) is 0.222. The van der Waals surface area contributed by atoms with Gasteiger partial charge in [-0.2, -0.15) is 0 Å². The number of benzene rings is 1. The molecule has 0 heterocycles. The summed E-state index contributed by atoms with van der Waals surface area (Å²) in [4.78, 5) is 10.8. The third-order valence-electron chi connectivity index (χ3n) is 1.81. The fourth-order valence-electron chi connectivity index (χ4n) is 1.10. The van der Waals surface area contributed by atoms with Gasteiger partial charge in [0.1, 0.15) is 5.02 Å². The number of aromatic carboxylic acids is 1. The van der Waals surface area contributed by atoms with E-state index < -0.39 is 5.97 Å². The van der Waals surface area contributed by atoms with Gasteiger partial charge in [0, 0.05) is 6.07 Å². The molecule has 0 aliphatic rings. The Morgan fingerprint density at radius 2 is 2.00 bits per heavy atom. The third-order valence-corrected chi connectivity index (χ3v) is 2.19. The lowest BCUT2D eigenvalue weighted by atomic mass is 10.2. The molecule has 0 atom stereocenters. The number of phenolic OH excluding ortho intramolecular Hbond substituents is 1. The maximum atomic E-state index is 10.8. The highest BCUT2D eigenvalue weighted by molar-refractivity contribution is 6.35. The molecule has 1 aromatic rings. The Morgan fingerprint density at radius 1 is 1.40 bits per heavy atom. The molecule has 0 bridgehead atoms. The molecular weight excluding hydrogens is 224 g/mol. The molecule has 0 saturated carbocycles. The van der Waals surface area contributed by atoms with E-state index in [2.05, 4.69) is 0 Å². The van der Waals surface area contributed by atoms with Crippen LogP contribution in [0.15, 0.2) is 6.07 Å². The van der Waals surface area contributed by atoms with Crippen molar-refractivity contribution in [3.05, 3.63) is 16.7 Å². The van der Waals surface area contributed by atoms with Crippen molar-refractivity contribution in [2.45, 2.75) is 0 Å². The summed E-state index contributed by atoms with van der Waals surface area (Å²) in [7, 11) is 2.57. The van der Waals surface area contributed by atoms with Crippen LogP contribution in [0.1, 0.15) is 10.4 Å². The molecular formula is C9H9ClO5. The summed E-state index contributed by atoms with van der Waals surface area (Å²) in [6.45, 7) is 0. The number of ether oxygens (including phenoxy) is 2. The molecule has 5 nitrogen and oxygen atoms in total. The zero-order chi connectivity index (χ0) is 11.6. The highest BCUT2D eigenvalue weighted by atomic mass is 35.5. The van der Waals surface area contributed by atoms with Crippen LogP contribution in [-0.2, 0) is 0 Å². The molecule has 0 aliphatic heterocycles. The van der Waals surface area contributed by atoms with Crippen LogP contribution in [0, 0.1) is 0 Å². The molecule has 0 aromatic heterocycles. The zero-order valence-electron chi connectivity index (χ0n) is 8.07. The smallest absolute Gasteiger partial charge is 0.337 e. The number of carbonyl (C=O) groups is 1. The molecule has 1 aromatic carbocycles. The van der Waals surface area contributed by atoms with Gasteiger partial charge in [0.05, 0.1) is 19.8 Å². The van der Waals surface area contributed by atoms with Crippen LogP contribution in [-0.4, -0.2) is 30.4 Å². The molecule has 0 saturated heterocycles. The van der Waals surface area contributed by atoms with Gasteiger partial charge in [-0.25, -0.2) is 4.79 Å². The van der Waals surface area contributed by atoms with Crippen LogP contribution in [0.3, 0.4) is 0 Å². The van der Waals surface area contributed by atoms with Gasteiger partial charge in [0.15, 0.2) is 11.5 Å². The first-order chi connectivity index (χ1) is 7.02. The Kier molecular flexibility index (Phi) is 3.26. The van der Waals surface area contributed by atoms with Crippen molar-refractivity contribution in [2.24, 2.45) is 0 Å². The topological polar surface area (TPSA) is 76.0 Å². The second-order valence-electron chi connectivity index (χ2n) is 2.63. The average molecular weight is 233 g/mol. The summed E-state index contributed by atoms with van der Waals surface area (Å²) >= 11 is 5.72. The number of hydrogen-bond donors (Lipinski definition) is 2. The highest BCUT2D eigenvalue weighted by Gasteiger charge is 2.21. The summed E-state index contributed by atoms with van der Waals surface area (Å²) in [6, 6.07) is 1.13. The zero-order valence-corrected chi connectivity index (χ0v) is 8.83. The standard InChI is InChI=1S/C9H9ClO5/c1-14-5-3-4(9(12)13)6(10)8(15-2)7(5)11/h3,11H,1-2H3,(H,12,13). The maximum Gasteiger partial charge on any atom is 0.337 e. The van der Waals surface area contributed by atoms with Crippen LogP contribution < -0.4 is 9.47 Å². The van der Waals surface area contributed by atoms with E-state index in [0.29, 0.717) is 0 Å². The van der Waals surface area contributed by atoms with Crippen LogP contribution in [0.2, 0.25) is 5.02 Å². The quantitative estimate of drug-likeness (QED) is 0.831. The number of aromatic hydroxyl groups is 1. The molecule has 0 aliphatic carbocycles. The van der Waals surface area contributed by atoms with Crippen molar-refractivity contribution in [3.8, 4) is 17.2 Å². The second kappa shape index (κ2) is 4.27. The van der Waals surface area contributed by atoms with E-state index in [1.54, 1.807) is 0 Å². The van der Waals surface area contributed by atoms with Crippen molar-refractivity contribution in [2.75, 3.05) is 14.2 Å². The normalized spacial score (nSPS) is 9.80. The molecule has 82 valence electrons. The van der Waals surface area contributed by atoms with Crippen molar-refractivity contribution in [1.29, 1.82) is 0 Å². The van der Waals surface area contributed by atoms with Gasteiger partial charge in [0.2, 0.25) is 5.75 Å². The van der Waals surface area contributed by atoms with Gasteiger partial charge in [-0.15, -0.1) is 0 Å². The molecule has 15 heavy (non-hydrogen) atoms. The number of rotatable bonds is 3. The van der Waals surface area contributed by atoms with Gasteiger partial charge in [-0.05, 0) is 0 Å². The maximum absolute atomic E-state index is 10.8. The lowest BCUT2D eigenvalue weighted by Crippen LogP contribution is -2.01. The number of carboxylic acids is 1. The van der Waals surface area contributed by atoms with E-state index in [1.165, 1.54) is 14.2 Å². The lowest BCUT2D eigenvalue weighted by Gasteiger charge is -2.11. The van der Waals surface area contributed by atoms with Crippen LogP contribution in [0.25, 0.3) is 0 Å². The number of hydrogen-bond acceptors (Lipinski definition) is 4. The minimum Gasteiger partial charge on any atom is -0.502 e. The Bertz CT molecular complexity index is 402. The summed E-state index contributed by atoms with van der Waals surface area (Å²) in [6.07, 6.45) is 0.